The molecule has 0 bridgehead atoms. The molecule has 0 radical (unpaired) electrons. The molecular weight excluding hydrogens is 311 g/mol. The Labute approximate surface area is 130 Å². The second kappa shape index (κ2) is 5.63. The van der Waals surface area contributed by atoms with E-state index in [9.17, 15) is 0 Å². The molecule has 2 aromatic carbocycles. The van der Waals surface area contributed by atoms with Crippen LogP contribution in [0.4, 0.5) is 17.4 Å². The Bertz CT molecular complexity index is 788. The van der Waals surface area contributed by atoms with Crippen LogP contribution in [0.5, 0.6) is 0 Å². The normalized spacial score (nSPS) is 10.6. The van der Waals surface area contributed by atoms with E-state index in [4.69, 9.17) is 33.4 Å². The van der Waals surface area contributed by atoms with Crippen molar-refractivity contribution in [3.8, 4) is 11.5 Å². The molecule has 0 saturated heterocycles. The van der Waals surface area contributed by atoms with Crippen molar-refractivity contribution in [1.29, 1.82) is 0 Å². The summed E-state index contributed by atoms with van der Waals surface area (Å²) in [5, 5.41) is 11.8. The predicted octanol–water partition coefficient (Wildman–Crippen LogP) is 4.37. The number of halogens is 2. The minimum Gasteiger partial charge on any atom is -0.403 e. The molecule has 0 spiro atoms. The molecule has 3 rings (SSSR count). The summed E-state index contributed by atoms with van der Waals surface area (Å²) in [5.74, 6) is 0.380. The van der Waals surface area contributed by atoms with E-state index in [1.807, 2.05) is 12.1 Å². The summed E-state index contributed by atoms with van der Waals surface area (Å²) < 4.78 is 5.53. The van der Waals surface area contributed by atoms with Gasteiger partial charge in [0, 0.05) is 16.9 Å². The van der Waals surface area contributed by atoms with Crippen LogP contribution >= 0.6 is 23.2 Å². The quantitative estimate of drug-likeness (QED) is 0.701. The first kappa shape index (κ1) is 13.7. The van der Waals surface area contributed by atoms with Crippen LogP contribution in [0.25, 0.3) is 11.5 Å². The van der Waals surface area contributed by atoms with E-state index >= 15 is 0 Å². The Balaban J connectivity index is 1.83. The van der Waals surface area contributed by atoms with Gasteiger partial charge in [-0.05, 0) is 36.4 Å². The van der Waals surface area contributed by atoms with E-state index < -0.39 is 0 Å². The topological polar surface area (TPSA) is 77.0 Å². The molecule has 1 aromatic heterocycles. The van der Waals surface area contributed by atoms with Crippen molar-refractivity contribution in [2.24, 2.45) is 0 Å². The van der Waals surface area contributed by atoms with E-state index in [1.165, 1.54) is 0 Å². The maximum Gasteiger partial charge on any atom is 0.320 e. The summed E-state index contributed by atoms with van der Waals surface area (Å²) in [6.45, 7) is 0. The van der Waals surface area contributed by atoms with Gasteiger partial charge in [0.25, 0.3) is 0 Å². The highest BCUT2D eigenvalue weighted by Gasteiger charge is 2.09. The summed E-state index contributed by atoms with van der Waals surface area (Å²) in [6, 6.07) is 12.6. The number of hydrogen-bond donors (Lipinski definition) is 2. The number of aromatic nitrogens is 2. The number of nitrogens with one attached hydrogen (secondary N) is 1. The molecular formula is C14H10Cl2N4O. The lowest BCUT2D eigenvalue weighted by Crippen LogP contribution is -1.90. The Morgan fingerprint density at radius 1 is 1.00 bits per heavy atom. The minimum atomic E-state index is 0.255. The van der Waals surface area contributed by atoms with Crippen LogP contribution in [-0.4, -0.2) is 10.2 Å². The fourth-order valence-electron chi connectivity index (χ4n) is 1.76. The van der Waals surface area contributed by atoms with Crippen LogP contribution in [0.15, 0.2) is 46.9 Å². The Morgan fingerprint density at radius 2 is 1.86 bits per heavy atom. The van der Waals surface area contributed by atoms with Gasteiger partial charge in [0.1, 0.15) is 0 Å². The Morgan fingerprint density at radius 3 is 2.62 bits per heavy atom. The summed E-state index contributed by atoms with van der Waals surface area (Å²) in [7, 11) is 0. The van der Waals surface area contributed by atoms with E-state index in [2.05, 4.69) is 15.5 Å². The number of rotatable bonds is 3. The first-order valence-corrected chi connectivity index (χ1v) is 6.79. The van der Waals surface area contributed by atoms with Gasteiger partial charge in [0.2, 0.25) is 5.89 Å². The molecule has 21 heavy (non-hydrogen) atoms. The maximum atomic E-state index is 5.95. The number of nitrogen functional groups attached to an aromatic ring is 1. The zero-order chi connectivity index (χ0) is 14.8. The molecule has 0 aliphatic carbocycles. The highest BCUT2D eigenvalue weighted by Crippen LogP contribution is 2.28. The molecule has 3 N–H and O–H groups in total. The number of benzene rings is 2. The maximum absolute atomic E-state index is 5.95. The third-order valence-corrected chi connectivity index (χ3v) is 3.47. The third-order valence-electron chi connectivity index (χ3n) is 2.73. The first-order chi connectivity index (χ1) is 10.1. The third kappa shape index (κ3) is 3.09. The van der Waals surface area contributed by atoms with Crippen LogP contribution in [-0.2, 0) is 0 Å². The Kier molecular flexibility index (Phi) is 3.68. The molecule has 0 unspecified atom stereocenters. The van der Waals surface area contributed by atoms with Crippen LogP contribution < -0.4 is 11.1 Å². The fourth-order valence-corrected chi connectivity index (χ4v) is 2.06. The van der Waals surface area contributed by atoms with E-state index in [0.29, 0.717) is 27.3 Å². The van der Waals surface area contributed by atoms with Crippen LogP contribution in [0, 0.1) is 0 Å². The second-order valence-electron chi connectivity index (χ2n) is 4.29. The van der Waals surface area contributed by atoms with E-state index in [0.717, 1.165) is 5.56 Å². The molecule has 7 heteroatoms. The van der Waals surface area contributed by atoms with Gasteiger partial charge in [-0.1, -0.05) is 34.4 Å². The van der Waals surface area contributed by atoms with Crippen molar-refractivity contribution < 1.29 is 4.42 Å². The summed E-state index contributed by atoms with van der Waals surface area (Å²) >= 11 is 11.8. The molecule has 0 aliphatic heterocycles. The molecule has 1 heterocycles. The number of nitrogens with zero attached hydrogens (tertiary/aromatic N) is 2. The highest BCUT2D eigenvalue weighted by atomic mass is 35.5. The van der Waals surface area contributed by atoms with Crippen LogP contribution in [0.2, 0.25) is 10.0 Å². The van der Waals surface area contributed by atoms with Gasteiger partial charge in [-0.15, -0.1) is 5.10 Å². The van der Waals surface area contributed by atoms with Gasteiger partial charge >= 0.3 is 6.01 Å². The molecule has 0 aliphatic rings. The molecule has 0 saturated carbocycles. The highest BCUT2D eigenvalue weighted by molar-refractivity contribution is 6.42. The molecule has 3 aromatic rings. The first-order valence-electron chi connectivity index (χ1n) is 6.03. The lowest BCUT2D eigenvalue weighted by molar-refractivity contribution is 0.587. The summed E-state index contributed by atoms with van der Waals surface area (Å²) in [6.07, 6.45) is 0. The standard InChI is InChI=1S/C14H10Cl2N4O/c15-11-5-4-10(7-12(11)16)18-14-20-19-13(21-14)8-2-1-3-9(17)6-8/h1-7H,17H2,(H,18,20). The van der Waals surface area contributed by atoms with Crippen LogP contribution in [0.1, 0.15) is 0 Å². The zero-order valence-electron chi connectivity index (χ0n) is 10.7. The van der Waals surface area contributed by atoms with E-state index in [-0.39, 0.29) is 6.01 Å². The molecule has 106 valence electrons. The summed E-state index contributed by atoms with van der Waals surface area (Å²) in [5.41, 5.74) is 7.81. The molecule has 5 nitrogen and oxygen atoms in total. The zero-order valence-corrected chi connectivity index (χ0v) is 12.2. The van der Waals surface area contributed by atoms with Crippen molar-refractivity contribution in [2.45, 2.75) is 0 Å². The number of nitrogens with two attached hydrogens (primary N) is 1. The fraction of sp³-hybridized carbons (Fsp3) is 0. The van der Waals surface area contributed by atoms with Crippen molar-refractivity contribution in [1.82, 2.24) is 10.2 Å². The van der Waals surface area contributed by atoms with Crippen LogP contribution in [0.3, 0.4) is 0 Å². The van der Waals surface area contributed by atoms with E-state index in [1.54, 1.807) is 30.3 Å². The van der Waals surface area contributed by atoms with Gasteiger partial charge in [0.05, 0.1) is 10.0 Å². The summed E-state index contributed by atoms with van der Waals surface area (Å²) in [4.78, 5) is 0. The van der Waals surface area contributed by atoms with Gasteiger partial charge in [-0.2, -0.15) is 0 Å². The average Bonchev–Trinajstić information content (AvgIpc) is 2.91. The minimum absolute atomic E-state index is 0.255. The van der Waals surface area contributed by atoms with Gasteiger partial charge in [0.15, 0.2) is 0 Å². The lowest BCUT2D eigenvalue weighted by Gasteiger charge is -2.02. The van der Waals surface area contributed by atoms with Gasteiger partial charge < -0.3 is 15.5 Å². The number of hydrogen-bond acceptors (Lipinski definition) is 5. The average molecular weight is 321 g/mol. The molecule has 0 atom stereocenters. The smallest absolute Gasteiger partial charge is 0.320 e. The monoisotopic (exact) mass is 320 g/mol. The van der Waals surface area contributed by atoms with Crippen molar-refractivity contribution in [3.05, 3.63) is 52.5 Å². The largest absolute Gasteiger partial charge is 0.403 e. The SMILES string of the molecule is Nc1cccc(-c2nnc(Nc3ccc(Cl)c(Cl)c3)o2)c1. The van der Waals surface area contributed by atoms with Gasteiger partial charge in [-0.25, -0.2) is 0 Å². The van der Waals surface area contributed by atoms with Crippen molar-refractivity contribution in [3.63, 3.8) is 0 Å². The molecule has 0 amide bonds. The molecule has 0 fully saturated rings. The van der Waals surface area contributed by atoms with Crippen molar-refractivity contribution in [2.75, 3.05) is 11.1 Å². The van der Waals surface area contributed by atoms with Gasteiger partial charge in [-0.3, -0.25) is 0 Å². The van der Waals surface area contributed by atoms with Crippen molar-refractivity contribution >= 4 is 40.6 Å². The lowest BCUT2D eigenvalue weighted by atomic mass is 10.2. The Hall–Kier alpha value is -2.24. The number of anilines is 3. The predicted molar refractivity (Wildman–Crippen MR) is 83.9 cm³/mol. The second-order valence-corrected chi connectivity index (χ2v) is 5.11.